The van der Waals surface area contributed by atoms with E-state index in [0.717, 1.165) is 17.1 Å². The molecule has 0 unspecified atom stereocenters. The van der Waals surface area contributed by atoms with Gasteiger partial charge in [0, 0.05) is 42.3 Å². The predicted octanol–water partition coefficient (Wildman–Crippen LogP) is 14.8. The molecule has 1 nitrogen and oxygen atoms in total. The summed E-state index contributed by atoms with van der Waals surface area (Å²) in [5, 5.41) is 7.62. The lowest BCUT2D eigenvalue weighted by molar-refractivity contribution is 1.30. The fourth-order valence-electron chi connectivity index (χ4n) is 7.79. The van der Waals surface area contributed by atoms with E-state index >= 15 is 0 Å². The van der Waals surface area contributed by atoms with Crippen molar-refractivity contribution in [2.75, 3.05) is 4.90 Å². The SMILES string of the molecule is c1ccc(-c2ccc(N(c3ccc(-c4ccccc4)cc3)c3cc4c(sc5cccc(-c6cccc7ccccc67)c54)c4ccccc34)cc2)cc1. The van der Waals surface area contributed by atoms with Crippen molar-refractivity contribution < 1.29 is 0 Å². The second kappa shape index (κ2) is 12.7. The highest BCUT2D eigenvalue weighted by atomic mass is 32.1. The van der Waals surface area contributed by atoms with E-state index in [1.54, 1.807) is 0 Å². The minimum atomic E-state index is 1.12. The molecule has 0 radical (unpaired) electrons. The van der Waals surface area contributed by atoms with Crippen LogP contribution < -0.4 is 4.90 Å². The van der Waals surface area contributed by atoms with Gasteiger partial charge in [0.2, 0.25) is 0 Å². The number of fused-ring (bicyclic) bond motifs is 6. The Morgan fingerprint density at radius 2 is 0.846 bits per heavy atom. The van der Waals surface area contributed by atoms with Gasteiger partial charge in [-0.3, -0.25) is 0 Å². The first-order valence-corrected chi connectivity index (χ1v) is 18.6. The zero-order valence-electron chi connectivity index (χ0n) is 28.4. The lowest BCUT2D eigenvalue weighted by Gasteiger charge is -2.28. The Balaban J connectivity index is 1.23. The number of thiophene rings is 1. The van der Waals surface area contributed by atoms with Crippen molar-refractivity contribution in [2.45, 2.75) is 0 Å². The lowest BCUT2D eigenvalue weighted by atomic mass is 9.93. The van der Waals surface area contributed by atoms with Crippen molar-refractivity contribution in [3.05, 3.63) is 200 Å². The molecule has 1 aromatic heterocycles. The van der Waals surface area contributed by atoms with Gasteiger partial charge in [-0.05, 0) is 80.6 Å². The normalized spacial score (nSPS) is 11.5. The highest BCUT2D eigenvalue weighted by Gasteiger charge is 2.21. The second-order valence-corrected chi connectivity index (χ2v) is 14.3. The smallest absolute Gasteiger partial charge is 0.0547 e. The monoisotopic (exact) mass is 679 g/mol. The van der Waals surface area contributed by atoms with Gasteiger partial charge in [-0.25, -0.2) is 0 Å². The van der Waals surface area contributed by atoms with Gasteiger partial charge in [0.05, 0.1) is 5.69 Å². The van der Waals surface area contributed by atoms with Crippen LogP contribution in [0.1, 0.15) is 0 Å². The van der Waals surface area contributed by atoms with Crippen LogP contribution in [0.4, 0.5) is 17.1 Å². The summed E-state index contributed by atoms with van der Waals surface area (Å²) in [6.45, 7) is 0. The van der Waals surface area contributed by atoms with Crippen LogP contribution in [0.5, 0.6) is 0 Å². The fourth-order valence-corrected chi connectivity index (χ4v) is 9.04. The van der Waals surface area contributed by atoms with Gasteiger partial charge in [0.25, 0.3) is 0 Å². The van der Waals surface area contributed by atoms with Gasteiger partial charge in [-0.15, -0.1) is 11.3 Å². The number of hydrogen-bond acceptors (Lipinski definition) is 2. The molecule has 0 bridgehead atoms. The van der Waals surface area contributed by atoms with Crippen LogP contribution in [0.3, 0.4) is 0 Å². The Morgan fingerprint density at radius 3 is 1.50 bits per heavy atom. The molecule has 0 fully saturated rings. The summed E-state index contributed by atoms with van der Waals surface area (Å²) in [6, 6.07) is 72.8. The highest BCUT2D eigenvalue weighted by Crippen LogP contribution is 2.49. The Hall–Kier alpha value is -6.48. The molecule has 0 spiro atoms. The maximum absolute atomic E-state index is 2.45. The summed E-state index contributed by atoms with van der Waals surface area (Å²) in [5.74, 6) is 0. The van der Waals surface area contributed by atoms with E-state index in [1.165, 1.54) is 75.1 Å². The first-order valence-electron chi connectivity index (χ1n) is 17.8. The quantitative estimate of drug-likeness (QED) is 0.169. The van der Waals surface area contributed by atoms with E-state index in [2.05, 4.69) is 205 Å². The van der Waals surface area contributed by atoms with E-state index in [-0.39, 0.29) is 0 Å². The second-order valence-electron chi connectivity index (χ2n) is 13.3. The molecule has 0 aliphatic heterocycles. The largest absolute Gasteiger partial charge is 0.310 e. The molecular weight excluding hydrogens is 647 g/mol. The summed E-state index contributed by atoms with van der Waals surface area (Å²) in [7, 11) is 0. The van der Waals surface area contributed by atoms with Crippen molar-refractivity contribution in [1.82, 2.24) is 0 Å². The first kappa shape index (κ1) is 30.4. The van der Waals surface area contributed by atoms with E-state index in [0.29, 0.717) is 0 Å². The van der Waals surface area contributed by atoms with E-state index in [4.69, 9.17) is 0 Å². The van der Waals surface area contributed by atoms with Crippen LogP contribution in [-0.4, -0.2) is 0 Å². The Kier molecular flexibility index (Phi) is 7.41. The molecule has 0 saturated carbocycles. The molecule has 10 rings (SSSR count). The molecule has 0 saturated heterocycles. The van der Waals surface area contributed by atoms with Crippen LogP contribution in [0.2, 0.25) is 0 Å². The minimum Gasteiger partial charge on any atom is -0.310 e. The molecule has 10 aromatic rings. The average Bonchev–Trinajstić information content (AvgIpc) is 3.61. The number of nitrogens with zero attached hydrogens (tertiary/aromatic N) is 1. The van der Waals surface area contributed by atoms with Crippen molar-refractivity contribution in [1.29, 1.82) is 0 Å². The summed E-state index contributed by atoms with van der Waals surface area (Å²) < 4.78 is 2.62. The lowest BCUT2D eigenvalue weighted by Crippen LogP contribution is -2.10. The number of rotatable bonds is 6. The average molecular weight is 680 g/mol. The van der Waals surface area contributed by atoms with Crippen molar-refractivity contribution in [3.8, 4) is 33.4 Å². The molecule has 0 amide bonds. The van der Waals surface area contributed by atoms with Gasteiger partial charge in [-0.2, -0.15) is 0 Å². The van der Waals surface area contributed by atoms with Crippen molar-refractivity contribution in [3.63, 3.8) is 0 Å². The molecule has 2 heteroatoms. The summed E-state index contributed by atoms with van der Waals surface area (Å²) in [5.41, 5.74) is 10.8. The van der Waals surface area contributed by atoms with Crippen molar-refractivity contribution >= 4 is 70.1 Å². The van der Waals surface area contributed by atoms with E-state index < -0.39 is 0 Å². The molecular formula is C50H33NS. The summed E-state index contributed by atoms with van der Waals surface area (Å²) in [6.07, 6.45) is 0. The maximum Gasteiger partial charge on any atom is 0.0547 e. The zero-order valence-corrected chi connectivity index (χ0v) is 29.2. The third-order valence-electron chi connectivity index (χ3n) is 10.3. The fraction of sp³-hybridized carbons (Fsp3) is 0. The Bertz CT molecular complexity index is 2780. The highest BCUT2D eigenvalue weighted by molar-refractivity contribution is 7.26. The van der Waals surface area contributed by atoms with E-state index in [1.807, 2.05) is 11.3 Å². The predicted molar refractivity (Wildman–Crippen MR) is 225 cm³/mol. The number of hydrogen-bond donors (Lipinski definition) is 0. The van der Waals surface area contributed by atoms with Gasteiger partial charge in [0.15, 0.2) is 0 Å². The molecule has 1 heterocycles. The van der Waals surface area contributed by atoms with Crippen LogP contribution >= 0.6 is 11.3 Å². The maximum atomic E-state index is 2.45. The van der Waals surface area contributed by atoms with Crippen LogP contribution in [0.15, 0.2) is 200 Å². The number of benzene rings is 9. The summed E-state index contributed by atoms with van der Waals surface area (Å²) in [4.78, 5) is 2.44. The third kappa shape index (κ3) is 5.16. The number of anilines is 3. The van der Waals surface area contributed by atoms with E-state index in [9.17, 15) is 0 Å². The summed E-state index contributed by atoms with van der Waals surface area (Å²) >= 11 is 1.90. The molecule has 52 heavy (non-hydrogen) atoms. The molecule has 0 N–H and O–H groups in total. The van der Waals surface area contributed by atoms with Crippen LogP contribution in [0.25, 0.3) is 75.1 Å². The van der Waals surface area contributed by atoms with Gasteiger partial charge < -0.3 is 4.90 Å². The molecule has 244 valence electrons. The first-order chi connectivity index (χ1) is 25.8. The Morgan fingerprint density at radius 1 is 0.346 bits per heavy atom. The Labute approximate surface area is 307 Å². The van der Waals surface area contributed by atoms with Crippen LogP contribution in [0, 0.1) is 0 Å². The molecule has 0 atom stereocenters. The van der Waals surface area contributed by atoms with Gasteiger partial charge in [0.1, 0.15) is 0 Å². The molecule has 0 aliphatic rings. The molecule has 0 aliphatic carbocycles. The van der Waals surface area contributed by atoms with Crippen molar-refractivity contribution in [2.24, 2.45) is 0 Å². The van der Waals surface area contributed by atoms with Crippen LogP contribution in [-0.2, 0) is 0 Å². The third-order valence-corrected chi connectivity index (χ3v) is 11.5. The standard InChI is InChI=1S/C50H33NS/c1-3-13-34(14-4-1)36-25-29-39(30-26-36)51(40-31-27-37(28-32-40)35-15-5-2-6-16-35)47-33-46-49-44(42-22-11-18-38-17-7-8-19-41(38)42)23-12-24-48(49)52-50(46)45-21-10-9-20-43(45)47/h1-33H. The molecule has 9 aromatic carbocycles. The minimum absolute atomic E-state index is 1.12. The van der Waals surface area contributed by atoms with Gasteiger partial charge >= 0.3 is 0 Å². The van der Waals surface area contributed by atoms with Gasteiger partial charge in [-0.1, -0.05) is 164 Å². The topological polar surface area (TPSA) is 3.24 Å². The zero-order chi connectivity index (χ0) is 34.4.